The van der Waals surface area contributed by atoms with Crippen LogP contribution in [-0.2, 0) is 0 Å². The van der Waals surface area contributed by atoms with Crippen LogP contribution in [-0.4, -0.2) is 31.3 Å². The Morgan fingerprint density at radius 3 is 3.00 bits per heavy atom. The van der Waals surface area contributed by atoms with Gasteiger partial charge in [0.15, 0.2) is 0 Å². The van der Waals surface area contributed by atoms with Crippen LogP contribution >= 0.6 is 0 Å². The Bertz CT molecular complexity index is 438. The van der Waals surface area contributed by atoms with Gasteiger partial charge in [0.25, 0.3) is 0 Å². The molecule has 112 valence electrons. The molecular weight excluding hydrogens is 255 g/mol. The number of anilines is 1. The van der Waals surface area contributed by atoms with Crippen LogP contribution in [0.3, 0.4) is 0 Å². The van der Waals surface area contributed by atoms with Gasteiger partial charge in [0, 0.05) is 30.9 Å². The summed E-state index contributed by atoms with van der Waals surface area (Å²) in [6.07, 6.45) is 4.16. The zero-order chi connectivity index (χ0) is 14.5. The lowest BCUT2D eigenvalue weighted by atomic mass is 10.0. The van der Waals surface area contributed by atoms with Gasteiger partial charge in [-0.1, -0.05) is 0 Å². The van der Waals surface area contributed by atoms with Gasteiger partial charge in [0.05, 0.1) is 0 Å². The molecule has 0 amide bonds. The lowest BCUT2D eigenvalue weighted by molar-refractivity contribution is 0.279. The summed E-state index contributed by atoms with van der Waals surface area (Å²) >= 11 is 0. The van der Waals surface area contributed by atoms with Crippen molar-refractivity contribution in [3.63, 3.8) is 0 Å². The second-order valence-electron chi connectivity index (χ2n) is 5.57. The van der Waals surface area contributed by atoms with E-state index in [0.717, 1.165) is 37.1 Å². The minimum atomic E-state index is -0.183. The highest BCUT2D eigenvalue weighted by molar-refractivity contribution is 5.56. The molecule has 1 heterocycles. The fraction of sp³-hybridized carbons (Fsp3) is 0.625. The van der Waals surface area contributed by atoms with Crippen molar-refractivity contribution in [1.82, 2.24) is 5.32 Å². The molecule has 0 bridgehead atoms. The molecule has 2 N–H and O–H groups in total. The monoisotopic (exact) mass is 280 g/mol. The van der Waals surface area contributed by atoms with Crippen molar-refractivity contribution in [3.8, 4) is 0 Å². The van der Waals surface area contributed by atoms with Gasteiger partial charge in [-0.15, -0.1) is 0 Å². The van der Waals surface area contributed by atoms with Gasteiger partial charge in [-0.2, -0.15) is 0 Å². The van der Waals surface area contributed by atoms with Gasteiger partial charge in [-0.3, -0.25) is 0 Å². The van der Waals surface area contributed by atoms with E-state index in [1.54, 1.807) is 12.1 Å². The van der Waals surface area contributed by atoms with Crippen LogP contribution in [0, 0.1) is 5.82 Å². The van der Waals surface area contributed by atoms with Crippen LogP contribution in [0.5, 0.6) is 0 Å². The molecule has 1 saturated heterocycles. The first-order valence-electron chi connectivity index (χ1n) is 7.51. The Hall–Kier alpha value is -1.13. The maximum atomic E-state index is 13.6. The predicted octanol–water partition coefficient (Wildman–Crippen LogP) is 2.85. The van der Waals surface area contributed by atoms with Gasteiger partial charge in [-0.05, 0) is 63.4 Å². The minimum absolute atomic E-state index is 0.125. The van der Waals surface area contributed by atoms with Crippen LogP contribution in [0.4, 0.5) is 10.1 Å². The summed E-state index contributed by atoms with van der Waals surface area (Å²) in [7, 11) is 1.90. The minimum Gasteiger partial charge on any atom is -0.396 e. The molecule has 0 aliphatic carbocycles. The molecular formula is C16H25FN2O. The molecule has 1 aliphatic rings. The van der Waals surface area contributed by atoms with Crippen LogP contribution < -0.4 is 10.2 Å². The first-order valence-corrected chi connectivity index (χ1v) is 7.51. The fourth-order valence-electron chi connectivity index (χ4n) is 3.07. The zero-order valence-electron chi connectivity index (χ0n) is 12.4. The largest absolute Gasteiger partial charge is 0.396 e. The molecule has 20 heavy (non-hydrogen) atoms. The number of aliphatic hydroxyl groups is 1. The Labute approximate surface area is 120 Å². The molecule has 0 saturated carbocycles. The predicted molar refractivity (Wildman–Crippen MR) is 80.6 cm³/mol. The molecule has 0 aromatic heterocycles. The van der Waals surface area contributed by atoms with E-state index >= 15 is 0 Å². The van der Waals surface area contributed by atoms with Crippen molar-refractivity contribution in [2.45, 2.75) is 44.7 Å². The number of hydrogen-bond acceptors (Lipinski definition) is 3. The molecule has 1 aromatic carbocycles. The molecule has 0 spiro atoms. The smallest absolute Gasteiger partial charge is 0.123 e. The summed E-state index contributed by atoms with van der Waals surface area (Å²) in [5.74, 6) is -0.183. The normalized spacial score (nSPS) is 20.4. The number of nitrogens with zero attached hydrogens (tertiary/aromatic N) is 1. The standard InChI is InChI=1S/C16H25FN2O/c1-12(18-2)15-11-13(17)7-8-16(15)19-9-3-5-14(19)6-4-10-20/h7-8,11-12,14,18,20H,3-6,9-10H2,1-2H3. The fourth-order valence-corrected chi connectivity index (χ4v) is 3.07. The van der Waals surface area contributed by atoms with Crippen molar-refractivity contribution < 1.29 is 9.50 Å². The molecule has 1 fully saturated rings. The summed E-state index contributed by atoms with van der Waals surface area (Å²) in [6, 6.07) is 5.67. The third kappa shape index (κ3) is 3.30. The molecule has 3 nitrogen and oxygen atoms in total. The van der Waals surface area contributed by atoms with E-state index < -0.39 is 0 Å². The number of hydrogen-bond donors (Lipinski definition) is 2. The SMILES string of the molecule is CNC(C)c1cc(F)ccc1N1CCCC1CCCO. The van der Waals surface area contributed by atoms with E-state index in [4.69, 9.17) is 5.11 Å². The van der Waals surface area contributed by atoms with E-state index in [-0.39, 0.29) is 18.5 Å². The number of benzene rings is 1. The average Bonchev–Trinajstić information content (AvgIpc) is 2.92. The number of aliphatic hydroxyl groups excluding tert-OH is 1. The topological polar surface area (TPSA) is 35.5 Å². The third-order valence-corrected chi connectivity index (χ3v) is 4.27. The van der Waals surface area contributed by atoms with Crippen molar-refractivity contribution in [1.29, 1.82) is 0 Å². The van der Waals surface area contributed by atoms with E-state index in [9.17, 15) is 4.39 Å². The summed E-state index contributed by atoms with van der Waals surface area (Å²) in [6.45, 7) is 3.32. The van der Waals surface area contributed by atoms with Crippen LogP contribution in [0.15, 0.2) is 18.2 Å². The summed E-state index contributed by atoms with van der Waals surface area (Å²) < 4.78 is 13.6. The number of rotatable bonds is 6. The quantitative estimate of drug-likeness (QED) is 0.841. The summed E-state index contributed by atoms with van der Waals surface area (Å²) in [5, 5.41) is 12.2. The van der Waals surface area contributed by atoms with Gasteiger partial charge in [0.2, 0.25) is 0 Å². The van der Waals surface area contributed by atoms with E-state index in [1.807, 2.05) is 13.1 Å². The lowest BCUT2D eigenvalue weighted by Gasteiger charge is -2.30. The van der Waals surface area contributed by atoms with E-state index in [1.165, 1.54) is 6.42 Å². The van der Waals surface area contributed by atoms with Gasteiger partial charge in [-0.25, -0.2) is 4.39 Å². The molecule has 1 aromatic rings. The molecule has 2 rings (SSSR count). The average molecular weight is 280 g/mol. The Morgan fingerprint density at radius 2 is 2.30 bits per heavy atom. The van der Waals surface area contributed by atoms with Gasteiger partial charge < -0.3 is 15.3 Å². The highest BCUT2D eigenvalue weighted by Gasteiger charge is 2.26. The zero-order valence-corrected chi connectivity index (χ0v) is 12.4. The molecule has 4 heteroatoms. The second-order valence-corrected chi connectivity index (χ2v) is 5.57. The molecule has 2 unspecified atom stereocenters. The molecule has 0 radical (unpaired) electrons. The van der Waals surface area contributed by atoms with Crippen LogP contribution in [0.2, 0.25) is 0 Å². The highest BCUT2D eigenvalue weighted by Crippen LogP contribution is 2.33. The third-order valence-electron chi connectivity index (χ3n) is 4.27. The Morgan fingerprint density at radius 1 is 1.50 bits per heavy atom. The summed E-state index contributed by atoms with van der Waals surface area (Å²) in [4.78, 5) is 2.39. The van der Waals surface area contributed by atoms with Crippen LogP contribution in [0.1, 0.15) is 44.2 Å². The second kappa shape index (κ2) is 7.04. The lowest BCUT2D eigenvalue weighted by Crippen LogP contribution is -2.31. The van der Waals surface area contributed by atoms with Crippen molar-refractivity contribution >= 4 is 5.69 Å². The first-order chi connectivity index (χ1) is 9.67. The molecule has 1 aliphatic heterocycles. The maximum Gasteiger partial charge on any atom is 0.123 e. The van der Waals surface area contributed by atoms with Gasteiger partial charge >= 0.3 is 0 Å². The summed E-state index contributed by atoms with van der Waals surface area (Å²) in [5.41, 5.74) is 2.15. The van der Waals surface area contributed by atoms with E-state index in [2.05, 4.69) is 17.1 Å². The van der Waals surface area contributed by atoms with Crippen molar-refractivity contribution in [2.75, 3.05) is 25.1 Å². The van der Waals surface area contributed by atoms with Crippen LogP contribution in [0.25, 0.3) is 0 Å². The van der Waals surface area contributed by atoms with Crippen molar-refractivity contribution in [3.05, 3.63) is 29.6 Å². The number of halogens is 1. The highest BCUT2D eigenvalue weighted by atomic mass is 19.1. The Kier molecular flexibility index (Phi) is 5.38. The Balaban J connectivity index is 2.26. The van der Waals surface area contributed by atoms with Crippen molar-refractivity contribution in [2.24, 2.45) is 0 Å². The number of nitrogens with one attached hydrogen (secondary N) is 1. The maximum absolute atomic E-state index is 13.6. The van der Waals surface area contributed by atoms with Gasteiger partial charge in [0.1, 0.15) is 5.82 Å². The molecule has 2 atom stereocenters. The first kappa shape index (κ1) is 15.3. The van der Waals surface area contributed by atoms with E-state index in [0.29, 0.717) is 6.04 Å².